The van der Waals surface area contributed by atoms with Crippen LogP contribution in [0.5, 0.6) is 0 Å². The van der Waals surface area contributed by atoms with Crippen LogP contribution in [0.2, 0.25) is 0 Å². The SMILES string of the molecule is O=C([O-])[C@H](O)[C@H](O)[C@H](O)[C@@H](O)[C@H](O)CO.[B].[Na+]. The summed E-state index contributed by atoms with van der Waals surface area (Å²) in [4.78, 5) is 10.1. The summed E-state index contributed by atoms with van der Waals surface area (Å²) in [6.45, 7) is -0.896. The Morgan fingerprint density at radius 2 is 1.41 bits per heavy atom. The molecule has 0 amide bonds. The Hall–Kier alpha value is 0.295. The Bertz CT molecular complexity index is 218. The molecule has 6 N–H and O–H groups in total. The quantitative estimate of drug-likeness (QED) is 0.256. The van der Waals surface area contributed by atoms with E-state index in [1.54, 1.807) is 0 Å². The zero-order valence-corrected chi connectivity index (χ0v) is 11.2. The van der Waals surface area contributed by atoms with E-state index in [0.717, 1.165) is 0 Å². The standard InChI is InChI=1S/C7H14O8.B.Na/c8-1-2(9)3(10)4(11)5(12)6(13)7(14)15;;/h2-6,8-13H,1H2,(H,14,15);;/q;;+1/p-1/t2-,3+,4-,5-,6-;;/m1../s1. The van der Waals surface area contributed by atoms with Gasteiger partial charge in [0.1, 0.15) is 30.5 Å². The molecule has 0 unspecified atom stereocenters. The second kappa shape index (κ2) is 10.2. The number of carboxylic acid groups (broad SMARTS) is 1. The molecule has 0 saturated heterocycles. The van der Waals surface area contributed by atoms with Crippen LogP contribution in [0.1, 0.15) is 0 Å². The first-order chi connectivity index (χ1) is 6.82. The van der Waals surface area contributed by atoms with Crippen LogP contribution in [-0.4, -0.2) is 82.1 Å². The van der Waals surface area contributed by atoms with Crippen LogP contribution in [0.15, 0.2) is 0 Å². The van der Waals surface area contributed by atoms with Crippen molar-refractivity contribution in [2.45, 2.75) is 30.5 Å². The predicted octanol–water partition coefficient (Wildman–Crippen LogP) is -8.84. The van der Waals surface area contributed by atoms with Gasteiger partial charge < -0.3 is 40.5 Å². The second-order valence-corrected chi connectivity index (χ2v) is 2.99. The molecule has 0 aromatic rings. The Labute approximate surface area is 121 Å². The minimum atomic E-state index is -2.40. The minimum absolute atomic E-state index is 0. The normalized spacial score (nSPS) is 18.9. The van der Waals surface area contributed by atoms with Gasteiger partial charge in [-0.15, -0.1) is 0 Å². The number of rotatable bonds is 6. The molecule has 5 atom stereocenters. The van der Waals surface area contributed by atoms with Gasteiger partial charge in [-0.25, -0.2) is 0 Å². The van der Waals surface area contributed by atoms with E-state index in [1.165, 1.54) is 0 Å². The molecule has 0 spiro atoms. The molecule has 0 aliphatic heterocycles. The van der Waals surface area contributed by atoms with E-state index in [9.17, 15) is 9.90 Å². The van der Waals surface area contributed by atoms with E-state index >= 15 is 0 Å². The smallest absolute Gasteiger partial charge is 0.547 e. The largest absolute Gasteiger partial charge is 1.00 e. The summed E-state index contributed by atoms with van der Waals surface area (Å²) < 4.78 is 0. The average molecular weight is 259 g/mol. The number of aliphatic hydroxyl groups excluding tert-OH is 6. The zero-order chi connectivity index (χ0) is 12.2. The van der Waals surface area contributed by atoms with Crippen molar-refractivity contribution in [3.8, 4) is 0 Å². The Balaban J connectivity index is -0.000000980. The van der Waals surface area contributed by atoms with Gasteiger partial charge in [-0.2, -0.15) is 0 Å². The first-order valence-corrected chi connectivity index (χ1v) is 4.05. The third-order valence-corrected chi connectivity index (χ3v) is 1.85. The summed E-state index contributed by atoms with van der Waals surface area (Å²) in [6.07, 6.45) is -10.5. The van der Waals surface area contributed by atoms with E-state index in [2.05, 4.69) is 0 Å². The molecular formula is C7H13BNaO8. The van der Waals surface area contributed by atoms with Crippen LogP contribution in [0, 0.1) is 0 Å². The van der Waals surface area contributed by atoms with Crippen molar-refractivity contribution in [2.75, 3.05) is 6.61 Å². The summed E-state index contributed by atoms with van der Waals surface area (Å²) in [7, 11) is 0. The Morgan fingerprint density at radius 3 is 1.71 bits per heavy atom. The average Bonchev–Trinajstić information content (AvgIpc) is 2.23. The van der Waals surface area contributed by atoms with E-state index in [-0.39, 0.29) is 38.0 Å². The van der Waals surface area contributed by atoms with Crippen LogP contribution >= 0.6 is 0 Å². The van der Waals surface area contributed by atoms with Crippen LogP contribution in [0.4, 0.5) is 0 Å². The van der Waals surface area contributed by atoms with Gasteiger partial charge >= 0.3 is 29.6 Å². The number of aliphatic carboxylic acids is 1. The molecule has 0 aliphatic rings. The molecule has 93 valence electrons. The maximum Gasteiger partial charge on any atom is 1.00 e. The topological polar surface area (TPSA) is 162 Å². The molecule has 0 rings (SSSR count). The van der Waals surface area contributed by atoms with Crippen LogP contribution < -0.4 is 34.7 Å². The summed E-state index contributed by atoms with van der Waals surface area (Å²) >= 11 is 0. The van der Waals surface area contributed by atoms with Gasteiger partial charge in [-0.1, -0.05) is 0 Å². The summed E-state index contributed by atoms with van der Waals surface area (Å²) in [6, 6.07) is 0. The van der Waals surface area contributed by atoms with Gasteiger partial charge in [0.15, 0.2) is 0 Å². The first-order valence-electron chi connectivity index (χ1n) is 4.05. The van der Waals surface area contributed by atoms with Gasteiger partial charge in [-0.3, -0.25) is 0 Å². The minimum Gasteiger partial charge on any atom is -0.547 e. The number of carboxylic acids is 1. The molecular weight excluding hydrogens is 246 g/mol. The number of hydrogen-bond donors (Lipinski definition) is 6. The van der Waals surface area contributed by atoms with Crippen molar-refractivity contribution < 1.29 is 70.1 Å². The molecule has 0 aliphatic carbocycles. The molecule has 3 radical (unpaired) electrons. The van der Waals surface area contributed by atoms with Crippen molar-refractivity contribution >= 4 is 14.4 Å². The molecule has 0 bridgehead atoms. The van der Waals surface area contributed by atoms with E-state index in [4.69, 9.17) is 30.6 Å². The summed E-state index contributed by atoms with van der Waals surface area (Å²) in [5, 5.41) is 63.2. The monoisotopic (exact) mass is 259 g/mol. The first kappa shape index (κ1) is 22.5. The van der Waals surface area contributed by atoms with Gasteiger partial charge in [-0.05, 0) is 0 Å². The summed E-state index contributed by atoms with van der Waals surface area (Å²) in [5.74, 6) is -2.03. The van der Waals surface area contributed by atoms with Crippen molar-refractivity contribution in [1.29, 1.82) is 0 Å². The molecule has 0 fully saturated rings. The van der Waals surface area contributed by atoms with Crippen molar-refractivity contribution in [3.63, 3.8) is 0 Å². The van der Waals surface area contributed by atoms with Gasteiger partial charge in [0.25, 0.3) is 0 Å². The summed E-state index contributed by atoms with van der Waals surface area (Å²) in [5.41, 5.74) is 0. The molecule has 0 aromatic carbocycles. The predicted molar refractivity (Wildman–Crippen MR) is 47.9 cm³/mol. The van der Waals surface area contributed by atoms with Crippen molar-refractivity contribution in [3.05, 3.63) is 0 Å². The third-order valence-electron chi connectivity index (χ3n) is 1.85. The van der Waals surface area contributed by atoms with Gasteiger partial charge in [0.2, 0.25) is 0 Å². The Morgan fingerprint density at radius 1 is 1.00 bits per heavy atom. The molecule has 0 aromatic heterocycles. The number of aliphatic hydroxyl groups is 6. The zero-order valence-electron chi connectivity index (χ0n) is 9.17. The molecule has 10 heteroatoms. The maximum atomic E-state index is 10.1. The van der Waals surface area contributed by atoms with Crippen molar-refractivity contribution in [1.82, 2.24) is 0 Å². The third kappa shape index (κ3) is 6.70. The molecule has 8 nitrogen and oxygen atoms in total. The van der Waals surface area contributed by atoms with Crippen LogP contribution in [-0.2, 0) is 4.79 Å². The molecule has 17 heavy (non-hydrogen) atoms. The number of hydrogen-bond acceptors (Lipinski definition) is 8. The van der Waals surface area contributed by atoms with E-state index < -0.39 is 43.1 Å². The molecule has 0 saturated carbocycles. The second-order valence-electron chi connectivity index (χ2n) is 2.99. The van der Waals surface area contributed by atoms with Gasteiger partial charge in [0, 0.05) is 8.41 Å². The maximum absolute atomic E-state index is 10.1. The number of carbonyl (C=O) groups excluding carboxylic acids is 1. The van der Waals surface area contributed by atoms with Crippen LogP contribution in [0.25, 0.3) is 0 Å². The fraction of sp³-hybridized carbons (Fsp3) is 0.857. The molecule has 0 heterocycles. The van der Waals surface area contributed by atoms with Crippen molar-refractivity contribution in [2.24, 2.45) is 0 Å². The number of carbonyl (C=O) groups is 1. The van der Waals surface area contributed by atoms with E-state index in [1.807, 2.05) is 0 Å². The Kier molecular flexibility index (Phi) is 13.5. The van der Waals surface area contributed by atoms with Crippen LogP contribution in [0.3, 0.4) is 0 Å². The van der Waals surface area contributed by atoms with E-state index in [0.29, 0.717) is 0 Å². The fourth-order valence-electron chi connectivity index (χ4n) is 0.864. The van der Waals surface area contributed by atoms with Gasteiger partial charge in [0.05, 0.1) is 12.6 Å². The fourth-order valence-corrected chi connectivity index (χ4v) is 0.864.